The van der Waals surface area contributed by atoms with Crippen LogP contribution < -0.4 is 5.10 Å². The van der Waals surface area contributed by atoms with Gasteiger partial charge in [-0.25, -0.2) is 0 Å². The molecular formula is C5H8N2O+. The summed E-state index contributed by atoms with van der Waals surface area (Å²) in [5.74, 6) is 0.799. The Morgan fingerprint density at radius 2 is 2.50 bits per heavy atom. The van der Waals surface area contributed by atoms with E-state index in [9.17, 15) is 0 Å². The molecule has 1 aliphatic heterocycles. The lowest BCUT2D eigenvalue weighted by atomic mass is 10.6. The van der Waals surface area contributed by atoms with Gasteiger partial charge in [-0.1, -0.05) is 5.01 Å². The molecule has 0 atom stereocenters. The Labute approximate surface area is 48.2 Å². The van der Waals surface area contributed by atoms with Crippen LogP contribution in [0, 0.1) is 0 Å². The highest BCUT2D eigenvalue weighted by molar-refractivity contribution is 5.76. The molecule has 43 valence electrons. The van der Waals surface area contributed by atoms with Gasteiger partial charge < -0.3 is 4.74 Å². The van der Waals surface area contributed by atoms with Crippen molar-refractivity contribution >= 4 is 6.21 Å². The Morgan fingerprint density at radius 3 is 2.75 bits per heavy atom. The summed E-state index contributed by atoms with van der Waals surface area (Å²) in [5, 5.41) is 5.57. The van der Waals surface area contributed by atoms with Crippen molar-refractivity contribution in [2.24, 2.45) is 0 Å². The van der Waals surface area contributed by atoms with Crippen molar-refractivity contribution in [3.63, 3.8) is 0 Å². The zero-order chi connectivity index (χ0) is 5.98. The second kappa shape index (κ2) is 1.86. The van der Waals surface area contributed by atoms with Crippen LogP contribution in [0.15, 0.2) is 12.0 Å². The summed E-state index contributed by atoms with van der Waals surface area (Å²) in [5.41, 5.74) is 0. The largest absolute Gasteiger partial charge is 0.489 e. The Morgan fingerprint density at radius 1 is 1.75 bits per heavy atom. The van der Waals surface area contributed by atoms with Crippen molar-refractivity contribution in [3.8, 4) is 0 Å². The molecule has 0 bridgehead atoms. The zero-order valence-corrected chi connectivity index (χ0v) is 4.96. The fourth-order valence-corrected chi connectivity index (χ4v) is 0.504. The van der Waals surface area contributed by atoms with Crippen molar-refractivity contribution in [2.45, 2.75) is 0 Å². The molecule has 8 heavy (non-hydrogen) atoms. The monoisotopic (exact) mass is 112 g/mol. The van der Waals surface area contributed by atoms with Crippen molar-refractivity contribution in [3.05, 3.63) is 12.0 Å². The molecule has 1 heterocycles. The first-order valence-corrected chi connectivity index (χ1v) is 2.35. The molecule has 3 heteroatoms. The summed E-state index contributed by atoms with van der Waals surface area (Å²) in [7, 11) is 3.47. The minimum atomic E-state index is 0.799. The maximum absolute atomic E-state index is 4.85. The molecular weight excluding hydrogens is 104 g/mol. The van der Waals surface area contributed by atoms with E-state index in [1.807, 2.05) is 7.05 Å². The number of hydrogen-bond acceptors (Lipinski definition) is 3. The number of nitrogens with zero attached hydrogens (tertiary/aromatic N) is 2. The molecule has 0 unspecified atom stereocenters. The Hall–Kier alpha value is -0.990. The highest BCUT2D eigenvalue weighted by atomic mass is 16.5. The average molecular weight is 112 g/mol. The van der Waals surface area contributed by atoms with Gasteiger partial charge in [-0.2, -0.15) is 0 Å². The lowest BCUT2D eigenvalue weighted by Crippen LogP contribution is -2.07. The summed E-state index contributed by atoms with van der Waals surface area (Å²) < 4.78 is 4.85. The van der Waals surface area contributed by atoms with Gasteiger partial charge in [0.15, 0.2) is 5.10 Å². The normalized spacial score (nSPS) is 16.8. The summed E-state index contributed by atoms with van der Waals surface area (Å²) in [6.07, 6.45) is 3.47. The minimum Gasteiger partial charge on any atom is -0.489 e. The first kappa shape index (κ1) is 5.15. The SMILES string of the molecule is COC1=CN(C)[N+]=C1. The van der Waals surface area contributed by atoms with Gasteiger partial charge in [0.25, 0.3) is 0 Å². The third-order valence-corrected chi connectivity index (χ3v) is 0.917. The molecule has 1 aliphatic rings. The van der Waals surface area contributed by atoms with Crippen molar-refractivity contribution in [1.82, 2.24) is 10.1 Å². The van der Waals surface area contributed by atoms with Crippen molar-refractivity contribution < 1.29 is 4.74 Å². The molecule has 3 nitrogen and oxygen atoms in total. The molecule has 1 radical (unpaired) electrons. The fourth-order valence-electron chi connectivity index (χ4n) is 0.504. The number of rotatable bonds is 1. The maximum Gasteiger partial charge on any atom is 0.318 e. The molecule has 0 aromatic heterocycles. The summed E-state index contributed by atoms with van der Waals surface area (Å²) >= 11 is 0. The van der Waals surface area contributed by atoms with Gasteiger partial charge in [0, 0.05) is 0 Å². The fraction of sp³-hybridized carbons (Fsp3) is 0.400. The van der Waals surface area contributed by atoms with Crippen LogP contribution in [-0.4, -0.2) is 25.4 Å². The molecule has 0 saturated heterocycles. The molecule has 1 rings (SSSR count). The molecule has 0 fully saturated rings. The van der Waals surface area contributed by atoms with Gasteiger partial charge in [-0.3, -0.25) is 0 Å². The summed E-state index contributed by atoms with van der Waals surface area (Å²) in [4.78, 5) is 0. The van der Waals surface area contributed by atoms with E-state index in [4.69, 9.17) is 4.74 Å². The maximum atomic E-state index is 4.85. The van der Waals surface area contributed by atoms with Crippen molar-refractivity contribution in [2.75, 3.05) is 14.2 Å². The van der Waals surface area contributed by atoms with Crippen LogP contribution in [0.1, 0.15) is 0 Å². The highest BCUT2D eigenvalue weighted by Crippen LogP contribution is 1.95. The summed E-state index contributed by atoms with van der Waals surface area (Å²) in [6, 6.07) is 0. The molecule has 0 spiro atoms. The topological polar surface area (TPSA) is 26.6 Å². The Bertz CT molecular complexity index is 139. The van der Waals surface area contributed by atoms with Gasteiger partial charge in [0.2, 0.25) is 5.76 Å². The van der Waals surface area contributed by atoms with E-state index in [1.54, 1.807) is 24.5 Å². The molecule has 0 amide bonds. The van der Waals surface area contributed by atoms with E-state index in [0.717, 1.165) is 5.76 Å². The molecule has 0 N–H and O–H groups in total. The van der Waals surface area contributed by atoms with Crippen LogP contribution in [0.3, 0.4) is 0 Å². The van der Waals surface area contributed by atoms with Crippen LogP contribution in [-0.2, 0) is 4.74 Å². The van der Waals surface area contributed by atoms with Gasteiger partial charge in [-0.15, -0.1) is 0 Å². The standard InChI is InChI=1S/C5H8N2O/c1-7-4-5(8-2)3-6-7/h3-4H,1-2H3/q+1. The zero-order valence-electron chi connectivity index (χ0n) is 4.96. The van der Waals surface area contributed by atoms with Gasteiger partial charge >= 0.3 is 6.21 Å². The van der Waals surface area contributed by atoms with Crippen LogP contribution in [0.5, 0.6) is 0 Å². The van der Waals surface area contributed by atoms with E-state index >= 15 is 0 Å². The minimum absolute atomic E-state index is 0.799. The smallest absolute Gasteiger partial charge is 0.318 e. The average Bonchev–Trinajstić information content (AvgIpc) is 2.14. The first-order chi connectivity index (χ1) is 3.83. The Kier molecular flexibility index (Phi) is 1.20. The number of allylic oxidation sites excluding steroid dienone is 1. The highest BCUT2D eigenvalue weighted by Gasteiger charge is 2.13. The number of hydrogen-bond donors (Lipinski definition) is 0. The predicted molar refractivity (Wildman–Crippen MR) is 31.1 cm³/mol. The van der Waals surface area contributed by atoms with E-state index in [-0.39, 0.29) is 0 Å². The summed E-state index contributed by atoms with van der Waals surface area (Å²) in [6.45, 7) is 0. The lowest BCUT2D eigenvalue weighted by molar-refractivity contribution is 0.311. The van der Waals surface area contributed by atoms with Gasteiger partial charge in [-0.05, 0) is 0 Å². The van der Waals surface area contributed by atoms with E-state index in [1.165, 1.54) is 0 Å². The lowest BCUT2D eigenvalue weighted by Gasteiger charge is -1.87. The third-order valence-electron chi connectivity index (χ3n) is 0.917. The predicted octanol–water partition coefficient (Wildman–Crippen LogP) is -0.259. The van der Waals surface area contributed by atoms with Crippen LogP contribution in [0.25, 0.3) is 0 Å². The number of methoxy groups -OCH3 is 1. The number of ether oxygens (including phenoxy) is 1. The van der Waals surface area contributed by atoms with Crippen LogP contribution >= 0.6 is 0 Å². The third kappa shape index (κ3) is 0.804. The van der Waals surface area contributed by atoms with Crippen molar-refractivity contribution in [1.29, 1.82) is 0 Å². The second-order valence-electron chi connectivity index (χ2n) is 1.55. The quantitative estimate of drug-likeness (QED) is 0.467. The number of hydrazone groups is 1. The van der Waals surface area contributed by atoms with Gasteiger partial charge in [0.05, 0.1) is 14.2 Å². The van der Waals surface area contributed by atoms with Gasteiger partial charge in [0.1, 0.15) is 6.20 Å². The molecule has 0 aromatic rings. The molecule has 0 aromatic carbocycles. The molecule has 0 aliphatic carbocycles. The van der Waals surface area contributed by atoms with E-state index in [2.05, 4.69) is 5.10 Å². The van der Waals surface area contributed by atoms with Crippen LogP contribution in [0.4, 0.5) is 0 Å². The van der Waals surface area contributed by atoms with E-state index < -0.39 is 0 Å². The van der Waals surface area contributed by atoms with E-state index in [0.29, 0.717) is 0 Å². The second-order valence-corrected chi connectivity index (χ2v) is 1.55. The first-order valence-electron chi connectivity index (χ1n) is 2.35. The molecule has 0 saturated carbocycles. The van der Waals surface area contributed by atoms with Crippen LogP contribution in [0.2, 0.25) is 0 Å². The Balaban J connectivity index is 2.58.